The Balaban J connectivity index is 0.000000248. The van der Waals surface area contributed by atoms with Crippen LogP contribution in [0.4, 0.5) is 0 Å². The smallest absolute Gasteiger partial charge is 0.322 e. The van der Waals surface area contributed by atoms with Crippen molar-refractivity contribution >= 4 is 11.9 Å². The molecule has 1 unspecified atom stereocenters. The van der Waals surface area contributed by atoms with Gasteiger partial charge >= 0.3 is 5.97 Å². The van der Waals surface area contributed by atoms with Gasteiger partial charge in [0.05, 0.1) is 6.33 Å². The Labute approximate surface area is 204 Å². The predicted octanol–water partition coefficient (Wildman–Crippen LogP) is 0.217. The fourth-order valence-corrected chi connectivity index (χ4v) is 5.05. The molecule has 3 fully saturated rings. The van der Waals surface area contributed by atoms with E-state index in [1.807, 2.05) is 42.6 Å². The Hall–Kier alpha value is -2.01. The molecule has 1 N–H and O–H groups in total. The van der Waals surface area contributed by atoms with Crippen LogP contribution >= 0.6 is 0 Å². The molecule has 0 spiro atoms. The van der Waals surface area contributed by atoms with Crippen LogP contribution in [0, 0.1) is 0 Å². The van der Waals surface area contributed by atoms with Crippen LogP contribution in [0.2, 0.25) is 0 Å². The van der Waals surface area contributed by atoms with Crippen LogP contribution in [-0.4, -0.2) is 143 Å². The highest BCUT2D eigenvalue weighted by Gasteiger charge is 2.35. The van der Waals surface area contributed by atoms with Crippen molar-refractivity contribution in [3.8, 4) is 0 Å². The van der Waals surface area contributed by atoms with Crippen molar-refractivity contribution in [1.82, 2.24) is 34.1 Å². The molecular formula is C24H43N7O3. The molecule has 3 saturated heterocycles. The second-order valence-corrected chi connectivity index (χ2v) is 10.1. The van der Waals surface area contributed by atoms with E-state index < -0.39 is 5.97 Å². The average Bonchev–Trinajstić information content (AvgIpc) is 3.34. The number of hydrogen-bond donors (Lipinski definition) is 1. The highest BCUT2D eigenvalue weighted by atomic mass is 16.4. The van der Waals surface area contributed by atoms with Gasteiger partial charge in [0.1, 0.15) is 12.1 Å². The van der Waals surface area contributed by atoms with Gasteiger partial charge in [-0.25, -0.2) is 4.98 Å². The molecule has 1 amide bonds. The van der Waals surface area contributed by atoms with Gasteiger partial charge in [0, 0.05) is 70.8 Å². The number of likely N-dealkylation sites (N-methyl/N-ethyl adjacent to an activating group) is 4. The van der Waals surface area contributed by atoms with E-state index >= 15 is 0 Å². The van der Waals surface area contributed by atoms with Gasteiger partial charge in [0.2, 0.25) is 5.91 Å². The topological polar surface area (TPSA) is 88.4 Å². The number of hydrogen-bond acceptors (Lipinski definition) is 7. The summed E-state index contributed by atoms with van der Waals surface area (Å²) >= 11 is 0. The van der Waals surface area contributed by atoms with Crippen LogP contribution in [0.25, 0.3) is 0 Å². The van der Waals surface area contributed by atoms with Gasteiger partial charge in [-0.15, -0.1) is 0 Å². The Morgan fingerprint density at radius 1 is 0.912 bits per heavy atom. The highest BCUT2D eigenvalue weighted by Crippen LogP contribution is 2.23. The van der Waals surface area contributed by atoms with Crippen LogP contribution in [0.15, 0.2) is 18.7 Å². The Bertz CT molecular complexity index is 775. The van der Waals surface area contributed by atoms with E-state index in [1.54, 1.807) is 0 Å². The van der Waals surface area contributed by atoms with E-state index in [4.69, 9.17) is 5.11 Å². The van der Waals surface area contributed by atoms with Gasteiger partial charge in [-0.05, 0) is 53.9 Å². The third kappa shape index (κ3) is 7.24. The standard InChI is InChI=1S/C17H29N5O.C7H14N2O2/c1-19-11-12-20(2)16(13-19)17(23)22-8-4-3-5-15(22)6-9-21-10-7-18-14-21;1-8-3-4-9(2)6(5-8)7(10)11/h7,10,14-16H,3-6,8-9,11-13H2,1-2H3;6H,3-5H2,1-2H3,(H,10,11)/t15?,16-;6-/m11/s1. The van der Waals surface area contributed by atoms with Gasteiger partial charge in [-0.3, -0.25) is 19.4 Å². The number of aryl methyl sites for hydroxylation is 1. The summed E-state index contributed by atoms with van der Waals surface area (Å²) in [5, 5.41) is 8.76. The van der Waals surface area contributed by atoms with Crippen LogP contribution < -0.4 is 0 Å². The maximum atomic E-state index is 13.1. The summed E-state index contributed by atoms with van der Waals surface area (Å²) in [6, 6.07) is 0.0654. The molecule has 0 saturated carbocycles. The van der Waals surface area contributed by atoms with Crippen molar-refractivity contribution in [2.75, 3.05) is 74.0 Å². The van der Waals surface area contributed by atoms with E-state index in [2.05, 4.69) is 38.3 Å². The lowest BCUT2D eigenvalue weighted by molar-refractivity contribution is -0.145. The molecule has 4 heterocycles. The van der Waals surface area contributed by atoms with E-state index in [9.17, 15) is 9.59 Å². The molecule has 0 bridgehead atoms. The van der Waals surface area contributed by atoms with Crippen molar-refractivity contribution in [2.45, 2.75) is 50.4 Å². The quantitative estimate of drug-likeness (QED) is 0.644. The number of piperazine rings is 2. The molecule has 3 aliphatic rings. The lowest BCUT2D eigenvalue weighted by Crippen LogP contribution is -2.59. The number of aliphatic carboxylic acids is 1. The normalized spacial score (nSPS) is 27.8. The van der Waals surface area contributed by atoms with Gasteiger partial charge in [0.25, 0.3) is 0 Å². The lowest BCUT2D eigenvalue weighted by Gasteiger charge is -2.43. The minimum absolute atomic E-state index is 0.0163. The van der Waals surface area contributed by atoms with Crippen molar-refractivity contribution in [2.24, 2.45) is 0 Å². The SMILES string of the molecule is CN1CCN(C)[C@@H](C(=O)N2CCCCC2CCn2ccnc2)C1.CN1CCN(C)[C@@H](C(=O)O)C1. The van der Waals surface area contributed by atoms with E-state index in [0.29, 0.717) is 18.5 Å². The predicted molar refractivity (Wildman–Crippen MR) is 132 cm³/mol. The summed E-state index contributed by atoms with van der Waals surface area (Å²) in [6.07, 6.45) is 10.2. The molecule has 10 heteroatoms. The Morgan fingerprint density at radius 2 is 1.56 bits per heavy atom. The monoisotopic (exact) mass is 477 g/mol. The molecule has 192 valence electrons. The van der Waals surface area contributed by atoms with Crippen LogP contribution in [0.5, 0.6) is 0 Å². The molecule has 3 aliphatic heterocycles. The zero-order valence-electron chi connectivity index (χ0n) is 21.3. The number of aromatic nitrogens is 2. The summed E-state index contributed by atoms with van der Waals surface area (Å²) < 4.78 is 2.11. The lowest BCUT2D eigenvalue weighted by atomic mass is 9.97. The number of carbonyl (C=O) groups excluding carboxylic acids is 1. The number of imidazole rings is 1. The molecule has 1 aromatic rings. The summed E-state index contributed by atoms with van der Waals surface area (Å²) in [5.74, 6) is -0.395. The number of carboxylic acid groups (broad SMARTS) is 1. The van der Waals surface area contributed by atoms with Crippen LogP contribution in [0.1, 0.15) is 25.7 Å². The molecule has 0 aromatic carbocycles. The largest absolute Gasteiger partial charge is 0.480 e. The molecule has 0 radical (unpaired) electrons. The molecule has 4 rings (SSSR count). The first-order chi connectivity index (χ1) is 16.3. The number of carbonyl (C=O) groups is 2. The second kappa shape index (κ2) is 12.6. The van der Waals surface area contributed by atoms with Gasteiger partial charge < -0.3 is 24.4 Å². The number of piperidine rings is 1. The van der Waals surface area contributed by atoms with Gasteiger partial charge in [0.15, 0.2) is 0 Å². The van der Waals surface area contributed by atoms with Crippen LogP contribution in [-0.2, 0) is 16.1 Å². The van der Waals surface area contributed by atoms with Crippen molar-refractivity contribution in [1.29, 1.82) is 0 Å². The molecular weight excluding hydrogens is 434 g/mol. The number of amides is 1. The molecule has 1 aromatic heterocycles. The van der Waals surface area contributed by atoms with Crippen molar-refractivity contribution in [3.05, 3.63) is 18.7 Å². The first-order valence-corrected chi connectivity index (χ1v) is 12.5. The third-order valence-electron chi connectivity index (χ3n) is 7.46. The van der Waals surface area contributed by atoms with Crippen molar-refractivity contribution < 1.29 is 14.7 Å². The van der Waals surface area contributed by atoms with Gasteiger partial charge in [-0.2, -0.15) is 0 Å². The Kier molecular flexibility index (Phi) is 9.87. The molecule has 34 heavy (non-hydrogen) atoms. The highest BCUT2D eigenvalue weighted by molar-refractivity contribution is 5.82. The third-order valence-corrected chi connectivity index (χ3v) is 7.46. The Morgan fingerprint density at radius 3 is 2.15 bits per heavy atom. The minimum Gasteiger partial charge on any atom is -0.480 e. The number of likely N-dealkylation sites (tertiary alicyclic amines) is 1. The summed E-state index contributed by atoms with van der Waals surface area (Å²) in [7, 11) is 7.99. The summed E-state index contributed by atoms with van der Waals surface area (Å²) in [6.45, 7) is 7.15. The van der Waals surface area contributed by atoms with Gasteiger partial charge in [-0.1, -0.05) is 0 Å². The van der Waals surface area contributed by atoms with Crippen molar-refractivity contribution in [3.63, 3.8) is 0 Å². The van der Waals surface area contributed by atoms with E-state index in [0.717, 1.165) is 65.1 Å². The zero-order valence-corrected chi connectivity index (χ0v) is 21.3. The minimum atomic E-state index is -0.723. The van der Waals surface area contributed by atoms with Crippen LogP contribution in [0.3, 0.4) is 0 Å². The maximum Gasteiger partial charge on any atom is 0.322 e. The zero-order chi connectivity index (χ0) is 24.7. The molecule has 3 atom stereocenters. The first-order valence-electron chi connectivity index (χ1n) is 12.5. The fraction of sp³-hybridized carbons (Fsp3) is 0.792. The summed E-state index contributed by atoms with van der Waals surface area (Å²) in [5.41, 5.74) is 0. The first kappa shape index (κ1) is 26.6. The number of carboxylic acids is 1. The second-order valence-electron chi connectivity index (χ2n) is 10.1. The molecule has 10 nitrogen and oxygen atoms in total. The number of rotatable bonds is 5. The fourth-order valence-electron chi connectivity index (χ4n) is 5.05. The molecule has 0 aliphatic carbocycles. The average molecular weight is 478 g/mol. The van der Waals surface area contributed by atoms with E-state index in [1.165, 1.54) is 6.42 Å². The maximum absolute atomic E-state index is 13.1. The number of nitrogens with zero attached hydrogens (tertiary/aromatic N) is 7. The summed E-state index contributed by atoms with van der Waals surface area (Å²) in [4.78, 5) is 38.4. The van der Waals surface area contributed by atoms with E-state index in [-0.39, 0.29) is 12.1 Å².